The fraction of sp³-hybridized carbons (Fsp3) is 0.214. The maximum Gasteiger partial charge on any atom is 0.277 e. The average Bonchev–Trinajstić information content (AvgIpc) is 2.93. The van der Waals surface area contributed by atoms with E-state index in [9.17, 15) is 4.79 Å². The number of nitrogen functional groups attached to an aromatic ring is 1. The molecule has 0 fully saturated rings. The van der Waals surface area contributed by atoms with Crippen LogP contribution in [0.1, 0.15) is 16.1 Å². The molecule has 0 saturated heterocycles. The number of amides is 1. The Balaban J connectivity index is 1.59. The summed E-state index contributed by atoms with van der Waals surface area (Å²) in [7, 11) is 0. The number of aromatic nitrogens is 2. The molecular formula is C14H17N5O2. The Morgan fingerprint density at radius 2 is 2.05 bits per heavy atom. The van der Waals surface area contributed by atoms with Crippen LogP contribution < -0.4 is 16.4 Å². The second-order valence-electron chi connectivity index (χ2n) is 4.27. The van der Waals surface area contributed by atoms with Gasteiger partial charge in [0.25, 0.3) is 5.91 Å². The number of hydrogen-bond acceptors (Lipinski definition) is 6. The average molecular weight is 287 g/mol. The number of rotatable bonds is 7. The van der Waals surface area contributed by atoms with Crippen molar-refractivity contribution in [1.29, 1.82) is 0 Å². The van der Waals surface area contributed by atoms with E-state index in [0.717, 1.165) is 12.1 Å². The van der Waals surface area contributed by atoms with Crippen LogP contribution in [0.4, 0.5) is 5.82 Å². The van der Waals surface area contributed by atoms with Crippen LogP contribution in [0.5, 0.6) is 0 Å². The van der Waals surface area contributed by atoms with Crippen molar-refractivity contribution in [3.63, 3.8) is 0 Å². The molecule has 1 amide bonds. The van der Waals surface area contributed by atoms with Crippen molar-refractivity contribution in [2.24, 2.45) is 0 Å². The SMILES string of the molecule is Nc1nonc1C(=O)NCCNC/C=C\c1ccccc1. The van der Waals surface area contributed by atoms with Crippen molar-refractivity contribution < 1.29 is 9.42 Å². The van der Waals surface area contributed by atoms with Crippen molar-refractivity contribution in [2.45, 2.75) is 0 Å². The summed E-state index contributed by atoms with van der Waals surface area (Å²) in [5.74, 6) is -0.401. The Labute approximate surface area is 122 Å². The summed E-state index contributed by atoms with van der Waals surface area (Å²) in [5, 5.41) is 12.6. The van der Waals surface area contributed by atoms with Crippen LogP contribution in [-0.4, -0.2) is 35.9 Å². The molecule has 2 aromatic rings. The maximum absolute atomic E-state index is 11.6. The summed E-state index contributed by atoms with van der Waals surface area (Å²) in [5.41, 5.74) is 6.58. The van der Waals surface area contributed by atoms with Gasteiger partial charge in [-0.1, -0.05) is 42.5 Å². The number of carbonyl (C=O) groups is 1. The second kappa shape index (κ2) is 7.81. The third-order valence-electron chi connectivity index (χ3n) is 2.69. The van der Waals surface area contributed by atoms with Gasteiger partial charge in [0, 0.05) is 19.6 Å². The molecule has 7 heteroatoms. The summed E-state index contributed by atoms with van der Waals surface area (Å²) < 4.78 is 4.36. The molecule has 0 aliphatic heterocycles. The standard InChI is InChI=1S/C14H17N5O2/c15-13-12(18-21-19-13)14(20)17-10-9-16-8-4-7-11-5-2-1-3-6-11/h1-7,16H,8-10H2,(H2,15,19)(H,17,20)/b7-4-. The van der Waals surface area contributed by atoms with Crippen LogP contribution in [0.3, 0.4) is 0 Å². The molecule has 1 aromatic heterocycles. The van der Waals surface area contributed by atoms with Gasteiger partial charge >= 0.3 is 0 Å². The van der Waals surface area contributed by atoms with Crippen molar-refractivity contribution in [2.75, 3.05) is 25.4 Å². The summed E-state index contributed by atoms with van der Waals surface area (Å²) >= 11 is 0. The number of benzene rings is 1. The number of nitrogens with one attached hydrogen (secondary N) is 2. The van der Waals surface area contributed by atoms with Gasteiger partial charge < -0.3 is 16.4 Å². The number of nitrogens with two attached hydrogens (primary N) is 1. The molecular weight excluding hydrogens is 270 g/mol. The second-order valence-corrected chi connectivity index (χ2v) is 4.27. The van der Waals surface area contributed by atoms with Gasteiger partial charge in [-0.3, -0.25) is 4.79 Å². The summed E-state index contributed by atoms with van der Waals surface area (Å²) in [6, 6.07) is 10.0. The molecule has 0 radical (unpaired) electrons. The van der Waals surface area contributed by atoms with E-state index in [1.165, 1.54) is 0 Å². The van der Waals surface area contributed by atoms with Crippen LogP contribution in [0.2, 0.25) is 0 Å². The van der Waals surface area contributed by atoms with Gasteiger partial charge in [-0.2, -0.15) is 0 Å². The van der Waals surface area contributed by atoms with Gasteiger partial charge in [-0.05, 0) is 15.9 Å². The van der Waals surface area contributed by atoms with Crippen LogP contribution in [-0.2, 0) is 0 Å². The zero-order chi connectivity index (χ0) is 14.9. The fourth-order valence-corrected chi connectivity index (χ4v) is 1.65. The lowest BCUT2D eigenvalue weighted by molar-refractivity contribution is 0.0945. The molecule has 110 valence electrons. The van der Waals surface area contributed by atoms with Gasteiger partial charge in [0.15, 0.2) is 0 Å². The van der Waals surface area contributed by atoms with Crippen molar-refractivity contribution >= 4 is 17.8 Å². The normalized spacial score (nSPS) is 10.9. The molecule has 7 nitrogen and oxygen atoms in total. The highest BCUT2D eigenvalue weighted by molar-refractivity contribution is 5.95. The van der Waals surface area contributed by atoms with E-state index in [1.807, 2.05) is 42.5 Å². The number of carbonyl (C=O) groups excluding carboxylic acids is 1. The van der Waals surface area contributed by atoms with E-state index in [2.05, 4.69) is 25.6 Å². The minimum absolute atomic E-state index is 0.00810. The van der Waals surface area contributed by atoms with Gasteiger partial charge in [0.2, 0.25) is 11.5 Å². The lowest BCUT2D eigenvalue weighted by Gasteiger charge is -2.03. The first-order valence-electron chi connectivity index (χ1n) is 6.56. The third kappa shape index (κ3) is 4.73. The Kier molecular flexibility index (Phi) is 5.48. The molecule has 0 aliphatic rings. The van der Waals surface area contributed by atoms with Gasteiger partial charge in [0.1, 0.15) is 0 Å². The third-order valence-corrected chi connectivity index (χ3v) is 2.69. The number of hydrogen-bond donors (Lipinski definition) is 3. The quantitative estimate of drug-likeness (QED) is 0.647. The highest BCUT2D eigenvalue weighted by Gasteiger charge is 2.14. The van der Waals surface area contributed by atoms with Crippen molar-refractivity contribution in [1.82, 2.24) is 20.9 Å². The van der Waals surface area contributed by atoms with E-state index in [-0.39, 0.29) is 11.5 Å². The molecule has 0 bridgehead atoms. The van der Waals surface area contributed by atoms with Gasteiger partial charge in [0.05, 0.1) is 0 Å². The van der Waals surface area contributed by atoms with E-state index in [4.69, 9.17) is 5.73 Å². The topological polar surface area (TPSA) is 106 Å². The van der Waals surface area contributed by atoms with Gasteiger partial charge in [-0.25, -0.2) is 4.63 Å². The van der Waals surface area contributed by atoms with Crippen LogP contribution in [0.15, 0.2) is 41.0 Å². The van der Waals surface area contributed by atoms with E-state index in [0.29, 0.717) is 13.1 Å². The van der Waals surface area contributed by atoms with Crippen LogP contribution in [0, 0.1) is 0 Å². The Hall–Kier alpha value is -2.67. The van der Waals surface area contributed by atoms with Crippen LogP contribution >= 0.6 is 0 Å². The largest absolute Gasteiger partial charge is 0.379 e. The van der Waals surface area contributed by atoms with Crippen molar-refractivity contribution in [3.05, 3.63) is 47.7 Å². The Bertz CT molecular complexity index is 594. The van der Waals surface area contributed by atoms with Crippen LogP contribution in [0.25, 0.3) is 6.08 Å². The van der Waals surface area contributed by atoms with Crippen molar-refractivity contribution in [3.8, 4) is 0 Å². The summed E-state index contributed by atoms with van der Waals surface area (Å²) in [6.45, 7) is 1.82. The first-order valence-corrected chi connectivity index (χ1v) is 6.56. The molecule has 0 saturated carbocycles. The summed E-state index contributed by atoms with van der Waals surface area (Å²) in [6.07, 6.45) is 4.06. The zero-order valence-corrected chi connectivity index (χ0v) is 11.5. The van der Waals surface area contributed by atoms with E-state index >= 15 is 0 Å². The molecule has 4 N–H and O–H groups in total. The molecule has 21 heavy (non-hydrogen) atoms. The smallest absolute Gasteiger partial charge is 0.277 e. The van der Waals surface area contributed by atoms with Gasteiger partial charge in [-0.15, -0.1) is 0 Å². The molecule has 0 unspecified atom stereocenters. The predicted octanol–water partition coefficient (Wildman–Crippen LogP) is 0.685. The number of anilines is 1. The maximum atomic E-state index is 11.6. The lowest BCUT2D eigenvalue weighted by atomic mass is 10.2. The highest BCUT2D eigenvalue weighted by Crippen LogP contribution is 2.02. The van der Waals surface area contributed by atoms with E-state index < -0.39 is 5.91 Å². The minimum atomic E-state index is -0.393. The Morgan fingerprint density at radius 3 is 2.76 bits per heavy atom. The highest BCUT2D eigenvalue weighted by atomic mass is 16.6. The monoisotopic (exact) mass is 287 g/mol. The predicted molar refractivity (Wildman–Crippen MR) is 79.4 cm³/mol. The zero-order valence-electron chi connectivity index (χ0n) is 11.5. The first-order chi connectivity index (χ1) is 10.3. The molecule has 0 aliphatic carbocycles. The molecule has 0 spiro atoms. The minimum Gasteiger partial charge on any atom is -0.379 e. The number of nitrogens with zero attached hydrogens (tertiary/aromatic N) is 2. The molecule has 0 atom stereocenters. The molecule has 2 rings (SSSR count). The first kappa shape index (κ1) is 14.7. The lowest BCUT2D eigenvalue weighted by Crippen LogP contribution is -2.32. The molecule has 1 aromatic carbocycles. The molecule has 1 heterocycles. The fourth-order valence-electron chi connectivity index (χ4n) is 1.65. The Morgan fingerprint density at radius 1 is 1.24 bits per heavy atom. The summed E-state index contributed by atoms with van der Waals surface area (Å²) in [4.78, 5) is 11.6. The van der Waals surface area contributed by atoms with E-state index in [1.54, 1.807) is 0 Å².